The number of hydrogen-bond donors (Lipinski definition) is 1. The maximum absolute atomic E-state index is 13.6. The van der Waals surface area contributed by atoms with Crippen LogP contribution in [0.25, 0.3) is 33.5 Å². The SMILES string of the molecule is CCn1ccc(-c2cc(-c3cnn(C)c3)cc([C@@H](C)NC(=O)c3cc(-c4cnc(N(C)C)nc4)ccc3C)c2)n1. The lowest BCUT2D eigenvalue weighted by Gasteiger charge is -2.18. The Balaban J connectivity index is 1.44. The number of amides is 1. The van der Waals surface area contributed by atoms with Gasteiger partial charge in [-0.2, -0.15) is 10.2 Å². The van der Waals surface area contributed by atoms with Gasteiger partial charge in [0.05, 0.1) is 17.9 Å². The van der Waals surface area contributed by atoms with Crippen molar-refractivity contribution >= 4 is 11.9 Å². The van der Waals surface area contributed by atoms with Crippen LogP contribution < -0.4 is 10.2 Å². The average Bonchev–Trinajstić information content (AvgIpc) is 3.62. The minimum absolute atomic E-state index is 0.138. The number of rotatable bonds is 8. The summed E-state index contributed by atoms with van der Waals surface area (Å²) < 4.78 is 3.69. The molecule has 0 bridgehead atoms. The summed E-state index contributed by atoms with van der Waals surface area (Å²) in [5.74, 6) is 0.498. The van der Waals surface area contributed by atoms with Gasteiger partial charge < -0.3 is 10.2 Å². The van der Waals surface area contributed by atoms with Gasteiger partial charge in [0.1, 0.15) is 0 Å². The largest absolute Gasteiger partial charge is 0.347 e. The molecular weight excluding hydrogens is 500 g/mol. The number of anilines is 1. The van der Waals surface area contributed by atoms with Gasteiger partial charge in [0.25, 0.3) is 5.91 Å². The van der Waals surface area contributed by atoms with E-state index in [0.29, 0.717) is 11.5 Å². The highest BCUT2D eigenvalue weighted by molar-refractivity contribution is 5.97. The van der Waals surface area contributed by atoms with Crippen LogP contribution >= 0.6 is 0 Å². The number of nitrogens with zero attached hydrogens (tertiary/aromatic N) is 7. The van der Waals surface area contributed by atoms with Crippen LogP contribution in [0.3, 0.4) is 0 Å². The Morgan fingerprint density at radius 3 is 2.35 bits per heavy atom. The minimum atomic E-state index is -0.248. The van der Waals surface area contributed by atoms with Crippen molar-refractivity contribution in [2.75, 3.05) is 19.0 Å². The molecule has 0 spiro atoms. The highest BCUT2D eigenvalue weighted by Gasteiger charge is 2.18. The van der Waals surface area contributed by atoms with Crippen molar-refractivity contribution in [1.82, 2.24) is 34.8 Å². The number of aromatic nitrogens is 6. The predicted octanol–water partition coefficient (Wildman–Crippen LogP) is 5.29. The molecule has 1 atom stereocenters. The molecule has 40 heavy (non-hydrogen) atoms. The summed E-state index contributed by atoms with van der Waals surface area (Å²) in [4.78, 5) is 24.2. The Bertz CT molecular complexity index is 1650. The maximum Gasteiger partial charge on any atom is 0.252 e. The van der Waals surface area contributed by atoms with E-state index in [2.05, 4.69) is 45.5 Å². The van der Waals surface area contributed by atoms with E-state index < -0.39 is 0 Å². The molecule has 0 unspecified atom stereocenters. The lowest BCUT2D eigenvalue weighted by atomic mass is 9.96. The molecule has 1 amide bonds. The average molecular weight is 535 g/mol. The Labute approximate surface area is 234 Å². The van der Waals surface area contributed by atoms with Gasteiger partial charge in [-0.15, -0.1) is 0 Å². The lowest BCUT2D eigenvalue weighted by molar-refractivity contribution is 0.0939. The van der Waals surface area contributed by atoms with Crippen LogP contribution in [0.1, 0.15) is 41.4 Å². The fourth-order valence-corrected chi connectivity index (χ4v) is 4.58. The first-order valence-corrected chi connectivity index (χ1v) is 13.3. The van der Waals surface area contributed by atoms with Crippen LogP contribution in [0.15, 0.2) is 73.4 Å². The third kappa shape index (κ3) is 5.63. The van der Waals surface area contributed by atoms with E-state index in [1.54, 1.807) is 17.1 Å². The van der Waals surface area contributed by atoms with Gasteiger partial charge in [-0.25, -0.2) is 9.97 Å². The molecule has 9 heteroatoms. The topological polar surface area (TPSA) is 93.8 Å². The number of nitrogens with one attached hydrogen (secondary N) is 1. The minimum Gasteiger partial charge on any atom is -0.347 e. The Morgan fingerprint density at radius 1 is 0.950 bits per heavy atom. The predicted molar refractivity (Wildman–Crippen MR) is 158 cm³/mol. The van der Waals surface area contributed by atoms with Crippen LogP contribution in [-0.2, 0) is 13.6 Å². The summed E-state index contributed by atoms with van der Waals surface area (Å²) >= 11 is 0. The second-order valence-electron chi connectivity index (χ2n) is 10.2. The molecule has 0 fully saturated rings. The molecular formula is C31H34N8O. The van der Waals surface area contributed by atoms with Gasteiger partial charge in [-0.1, -0.05) is 12.1 Å². The van der Waals surface area contributed by atoms with Gasteiger partial charge >= 0.3 is 0 Å². The standard InChI is InChI=1S/C31H34N8O/c1-7-39-11-10-29(36-39)25-13-23(12-24(14-25)27-18-34-38(6)19-27)21(3)35-30(40)28-15-22(9-8-20(28)2)26-16-32-31(33-17-26)37(4)5/h8-19,21H,7H2,1-6H3,(H,35,40)/t21-/m1/s1. The third-order valence-corrected chi connectivity index (χ3v) is 6.96. The molecule has 9 nitrogen and oxygen atoms in total. The van der Waals surface area contributed by atoms with Crippen molar-refractivity contribution < 1.29 is 4.79 Å². The smallest absolute Gasteiger partial charge is 0.252 e. The van der Waals surface area contributed by atoms with E-state index in [4.69, 9.17) is 5.10 Å². The van der Waals surface area contributed by atoms with E-state index in [9.17, 15) is 4.79 Å². The molecule has 0 aliphatic carbocycles. The molecule has 0 saturated carbocycles. The van der Waals surface area contributed by atoms with Crippen molar-refractivity contribution in [1.29, 1.82) is 0 Å². The van der Waals surface area contributed by atoms with Gasteiger partial charge in [-0.05, 0) is 73.4 Å². The molecule has 3 aromatic heterocycles. The first-order valence-electron chi connectivity index (χ1n) is 13.3. The summed E-state index contributed by atoms with van der Waals surface area (Å²) in [5.41, 5.74) is 8.14. The molecule has 5 aromatic rings. The molecule has 0 radical (unpaired) electrons. The Hall–Kier alpha value is -4.79. The molecule has 0 aliphatic heterocycles. The van der Waals surface area contributed by atoms with E-state index >= 15 is 0 Å². The fraction of sp³-hybridized carbons (Fsp3) is 0.258. The first kappa shape index (κ1) is 26.8. The second-order valence-corrected chi connectivity index (χ2v) is 10.2. The summed E-state index contributed by atoms with van der Waals surface area (Å²) in [5, 5.41) is 12.3. The molecule has 2 aromatic carbocycles. The van der Waals surface area contributed by atoms with Crippen LogP contribution in [0.2, 0.25) is 0 Å². The number of benzene rings is 2. The van der Waals surface area contributed by atoms with Gasteiger partial charge in [-0.3, -0.25) is 14.2 Å². The van der Waals surface area contributed by atoms with Gasteiger partial charge in [0, 0.05) is 74.7 Å². The number of hydrogen-bond acceptors (Lipinski definition) is 6. The van der Waals surface area contributed by atoms with Crippen LogP contribution in [-0.4, -0.2) is 49.5 Å². The zero-order valence-corrected chi connectivity index (χ0v) is 23.8. The molecule has 3 heterocycles. The summed E-state index contributed by atoms with van der Waals surface area (Å²) in [6, 6.07) is 13.9. The van der Waals surface area contributed by atoms with E-state index in [0.717, 1.165) is 51.2 Å². The van der Waals surface area contributed by atoms with E-state index in [-0.39, 0.29) is 11.9 Å². The lowest BCUT2D eigenvalue weighted by Crippen LogP contribution is -2.27. The molecule has 204 valence electrons. The maximum atomic E-state index is 13.6. The number of carbonyl (C=O) groups excluding carboxylic acids is 1. The first-order chi connectivity index (χ1) is 19.2. The van der Waals surface area contributed by atoms with Gasteiger partial charge in [0.2, 0.25) is 5.95 Å². The van der Waals surface area contributed by atoms with E-state index in [1.807, 2.05) is 87.4 Å². The second kappa shape index (κ2) is 11.1. The highest BCUT2D eigenvalue weighted by atomic mass is 16.1. The summed E-state index contributed by atoms with van der Waals surface area (Å²) in [6.07, 6.45) is 9.37. The summed E-state index contributed by atoms with van der Waals surface area (Å²) in [7, 11) is 5.70. The van der Waals surface area contributed by atoms with E-state index in [1.165, 1.54) is 0 Å². The Kier molecular flexibility index (Phi) is 7.46. The zero-order chi connectivity index (χ0) is 28.4. The monoisotopic (exact) mass is 534 g/mol. The fourth-order valence-electron chi connectivity index (χ4n) is 4.58. The third-order valence-electron chi connectivity index (χ3n) is 6.96. The van der Waals surface area contributed by atoms with Crippen molar-refractivity contribution in [3.8, 4) is 33.5 Å². The quantitative estimate of drug-likeness (QED) is 0.291. The van der Waals surface area contributed by atoms with Crippen molar-refractivity contribution in [3.63, 3.8) is 0 Å². The zero-order valence-electron chi connectivity index (χ0n) is 23.8. The normalized spacial score (nSPS) is 11.8. The molecule has 0 aliphatic rings. The molecule has 1 N–H and O–H groups in total. The summed E-state index contributed by atoms with van der Waals surface area (Å²) in [6.45, 7) is 6.81. The van der Waals surface area contributed by atoms with Crippen LogP contribution in [0.5, 0.6) is 0 Å². The van der Waals surface area contributed by atoms with Crippen molar-refractivity contribution in [2.24, 2.45) is 7.05 Å². The van der Waals surface area contributed by atoms with Crippen molar-refractivity contribution in [2.45, 2.75) is 33.4 Å². The Morgan fingerprint density at radius 2 is 1.70 bits per heavy atom. The van der Waals surface area contributed by atoms with Crippen molar-refractivity contribution in [3.05, 3.63) is 90.1 Å². The number of carbonyl (C=O) groups is 1. The molecule has 0 saturated heterocycles. The van der Waals surface area contributed by atoms with Gasteiger partial charge in [0.15, 0.2) is 0 Å². The number of aryl methyl sites for hydroxylation is 3. The molecule has 5 rings (SSSR count). The highest BCUT2D eigenvalue weighted by Crippen LogP contribution is 2.30. The van der Waals surface area contributed by atoms with Crippen LogP contribution in [0, 0.1) is 6.92 Å². The van der Waals surface area contributed by atoms with Crippen LogP contribution in [0.4, 0.5) is 5.95 Å².